The van der Waals surface area contributed by atoms with Crippen LogP contribution in [0.2, 0.25) is 0 Å². The van der Waals surface area contributed by atoms with Crippen LogP contribution in [0.5, 0.6) is 5.75 Å². The molecule has 4 rings (SSSR count). The Labute approximate surface area is 164 Å². The molecule has 0 saturated carbocycles. The molecule has 144 valence electrons. The molecule has 0 spiro atoms. The summed E-state index contributed by atoms with van der Waals surface area (Å²) >= 11 is 0. The first kappa shape index (κ1) is 18.2. The molecule has 1 atom stereocenters. The maximum absolute atomic E-state index is 12.9. The number of rotatable bonds is 5. The van der Waals surface area contributed by atoms with Gasteiger partial charge in [0.1, 0.15) is 12.1 Å². The van der Waals surface area contributed by atoms with Crippen LogP contribution in [0.3, 0.4) is 0 Å². The molecule has 1 aromatic carbocycles. The Kier molecular flexibility index (Phi) is 5.32. The molecule has 2 aromatic heterocycles. The molecule has 1 saturated heterocycles. The molecule has 28 heavy (non-hydrogen) atoms. The van der Waals surface area contributed by atoms with Crippen molar-refractivity contribution >= 4 is 5.91 Å². The Balaban J connectivity index is 1.48. The van der Waals surface area contributed by atoms with Gasteiger partial charge in [0.05, 0.1) is 19.2 Å². The number of aromatic nitrogens is 4. The Morgan fingerprint density at radius 2 is 2.00 bits per heavy atom. The van der Waals surface area contributed by atoms with E-state index in [4.69, 9.17) is 4.74 Å². The van der Waals surface area contributed by atoms with Gasteiger partial charge < -0.3 is 9.64 Å². The molecule has 1 amide bonds. The first-order valence-electron chi connectivity index (χ1n) is 9.44. The summed E-state index contributed by atoms with van der Waals surface area (Å²) in [7, 11) is 1.64. The van der Waals surface area contributed by atoms with Gasteiger partial charge in [0.15, 0.2) is 5.82 Å². The third-order valence-corrected chi connectivity index (χ3v) is 5.13. The Morgan fingerprint density at radius 1 is 1.18 bits per heavy atom. The second-order valence-corrected chi connectivity index (χ2v) is 6.94. The lowest BCUT2D eigenvalue weighted by molar-refractivity contribution is -0.131. The van der Waals surface area contributed by atoms with Crippen molar-refractivity contribution in [2.75, 3.05) is 20.2 Å². The molecule has 1 aliphatic heterocycles. The molecular formula is C21H23N5O2. The van der Waals surface area contributed by atoms with Crippen molar-refractivity contribution in [2.45, 2.75) is 25.2 Å². The summed E-state index contributed by atoms with van der Waals surface area (Å²) < 4.78 is 7.06. The minimum Gasteiger partial charge on any atom is -0.497 e. The maximum Gasteiger partial charge on any atom is 0.227 e. The number of hydrogen-bond acceptors (Lipinski definition) is 5. The van der Waals surface area contributed by atoms with E-state index in [2.05, 4.69) is 15.0 Å². The van der Waals surface area contributed by atoms with Crippen LogP contribution < -0.4 is 4.74 Å². The summed E-state index contributed by atoms with van der Waals surface area (Å²) in [4.78, 5) is 28.0. The predicted octanol–water partition coefficient (Wildman–Crippen LogP) is 2.62. The lowest BCUT2D eigenvalue weighted by Crippen LogP contribution is -2.40. The topological polar surface area (TPSA) is 73.1 Å². The Bertz CT molecular complexity index is 924. The van der Waals surface area contributed by atoms with Crippen molar-refractivity contribution in [1.82, 2.24) is 24.4 Å². The van der Waals surface area contributed by atoms with Gasteiger partial charge in [-0.2, -0.15) is 0 Å². The van der Waals surface area contributed by atoms with E-state index in [-0.39, 0.29) is 11.8 Å². The molecule has 3 heterocycles. The van der Waals surface area contributed by atoms with Gasteiger partial charge in [0.2, 0.25) is 5.91 Å². The molecule has 0 unspecified atom stereocenters. The third-order valence-electron chi connectivity index (χ3n) is 5.13. The molecule has 0 aliphatic carbocycles. The van der Waals surface area contributed by atoms with Crippen LogP contribution >= 0.6 is 0 Å². The lowest BCUT2D eigenvalue weighted by atomic mass is 9.93. The summed E-state index contributed by atoms with van der Waals surface area (Å²) in [6.07, 6.45) is 11.1. The standard InChI is InChI=1S/C21H23N5O2/c1-28-18-6-4-16(5-7-18)13-19(27)25-11-2-3-17(14-25)20-21(24-9-8-23-20)26-12-10-22-15-26/h4-10,12,15,17H,2-3,11,13-14H2,1H3/t17-/m1/s1. The van der Waals surface area contributed by atoms with Crippen molar-refractivity contribution in [3.05, 3.63) is 66.6 Å². The highest BCUT2D eigenvalue weighted by molar-refractivity contribution is 5.79. The zero-order valence-electron chi connectivity index (χ0n) is 15.9. The number of ether oxygens (including phenoxy) is 1. The van der Waals surface area contributed by atoms with E-state index in [1.54, 1.807) is 32.0 Å². The Hall–Kier alpha value is -3.22. The number of nitrogens with zero attached hydrogens (tertiary/aromatic N) is 5. The van der Waals surface area contributed by atoms with Crippen LogP contribution in [0.1, 0.15) is 30.0 Å². The van der Waals surface area contributed by atoms with Gasteiger partial charge >= 0.3 is 0 Å². The normalized spacial score (nSPS) is 16.8. The third kappa shape index (κ3) is 3.88. The average Bonchev–Trinajstić information content (AvgIpc) is 3.29. The summed E-state index contributed by atoms with van der Waals surface area (Å²) in [6, 6.07) is 7.66. The lowest BCUT2D eigenvalue weighted by Gasteiger charge is -2.33. The summed E-state index contributed by atoms with van der Waals surface area (Å²) in [5.41, 5.74) is 1.91. The number of likely N-dealkylation sites (tertiary alicyclic amines) is 1. The van der Waals surface area contributed by atoms with Gasteiger partial charge in [-0.05, 0) is 30.5 Å². The van der Waals surface area contributed by atoms with Crippen LogP contribution in [0.25, 0.3) is 5.82 Å². The Morgan fingerprint density at radius 3 is 2.75 bits per heavy atom. The first-order valence-corrected chi connectivity index (χ1v) is 9.44. The van der Waals surface area contributed by atoms with Crippen molar-refractivity contribution in [1.29, 1.82) is 0 Å². The number of benzene rings is 1. The fourth-order valence-corrected chi connectivity index (χ4v) is 3.67. The molecule has 0 radical (unpaired) electrons. The monoisotopic (exact) mass is 377 g/mol. The SMILES string of the molecule is COc1ccc(CC(=O)N2CCC[C@@H](c3nccnc3-n3ccnc3)C2)cc1. The van der Waals surface area contributed by atoms with E-state index in [0.29, 0.717) is 13.0 Å². The fraction of sp³-hybridized carbons (Fsp3) is 0.333. The van der Waals surface area contributed by atoms with Gasteiger partial charge in [-0.25, -0.2) is 9.97 Å². The van der Waals surface area contributed by atoms with Crippen molar-refractivity contribution in [2.24, 2.45) is 0 Å². The number of piperidine rings is 1. The van der Waals surface area contributed by atoms with E-state index in [1.165, 1.54) is 0 Å². The van der Waals surface area contributed by atoms with E-state index >= 15 is 0 Å². The smallest absolute Gasteiger partial charge is 0.227 e. The van der Waals surface area contributed by atoms with Gasteiger partial charge in [-0.15, -0.1) is 0 Å². The van der Waals surface area contributed by atoms with Crippen LogP contribution in [0, 0.1) is 0 Å². The zero-order valence-corrected chi connectivity index (χ0v) is 15.9. The van der Waals surface area contributed by atoms with Gasteiger partial charge in [0, 0.05) is 43.8 Å². The molecule has 0 bridgehead atoms. The molecule has 3 aromatic rings. The molecule has 7 nitrogen and oxygen atoms in total. The van der Waals surface area contributed by atoms with E-state index in [0.717, 1.165) is 42.2 Å². The number of amides is 1. The van der Waals surface area contributed by atoms with E-state index < -0.39 is 0 Å². The van der Waals surface area contributed by atoms with Crippen LogP contribution in [-0.4, -0.2) is 50.5 Å². The highest BCUT2D eigenvalue weighted by atomic mass is 16.5. The molecule has 0 N–H and O–H groups in total. The largest absolute Gasteiger partial charge is 0.497 e. The summed E-state index contributed by atoms with van der Waals surface area (Å²) in [5, 5.41) is 0. The fourth-order valence-electron chi connectivity index (χ4n) is 3.67. The summed E-state index contributed by atoms with van der Waals surface area (Å²) in [6.45, 7) is 1.45. The average molecular weight is 377 g/mol. The number of carbonyl (C=O) groups is 1. The van der Waals surface area contributed by atoms with Crippen LogP contribution in [0.4, 0.5) is 0 Å². The van der Waals surface area contributed by atoms with E-state index in [1.807, 2.05) is 39.9 Å². The molecule has 7 heteroatoms. The van der Waals surface area contributed by atoms with Gasteiger partial charge in [-0.1, -0.05) is 12.1 Å². The highest BCUT2D eigenvalue weighted by Gasteiger charge is 2.28. The van der Waals surface area contributed by atoms with Crippen molar-refractivity contribution < 1.29 is 9.53 Å². The number of imidazole rings is 1. The number of hydrogen-bond donors (Lipinski definition) is 0. The minimum absolute atomic E-state index is 0.142. The van der Waals surface area contributed by atoms with Gasteiger partial charge in [0.25, 0.3) is 0 Å². The van der Waals surface area contributed by atoms with Gasteiger partial charge in [-0.3, -0.25) is 14.3 Å². The zero-order chi connectivity index (χ0) is 19.3. The molecule has 1 fully saturated rings. The minimum atomic E-state index is 0.142. The quantitative estimate of drug-likeness (QED) is 0.683. The van der Waals surface area contributed by atoms with Crippen LogP contribution in [0.15, 0.2) is 55.4 Å². The second-order valence-electron chi connectivity index (χ2n) is 6.94. The number of methoxy groups -OCH3 is 1. The van der Waals surface area contributed by atoms with E-state index in [9.17, 15) is 4.79 Å². The predicted molar refractivity (Wildman–Crippen MR) is 104 cm³/mol. The number of carbonyl (C=O) groups excluding carboxylic acids is 1. The molecular weight excluding hydrogens is 354 g/mol. The van der Waals surface area contributed by atoms with Crippen molar-refractivity contribution in [3.8, 4) is 11.6 Å². The van der Waals surface area contributed by atoms with Crippen LogP contribution in [-0.2, 0) is 11.2 Å². The second kappa shape index (κ2) is 8.21. The highest BCUT2D eigenvalue weighted by Crippen LogP contribution is 2.29. The summed E-state index contributed by atoms with van der Waals surface area (Å²) in [5.74, 6) is 1.89. The maximum atomic E-state index is 12.9. The van der Waals surface area contributed by atoms with Crippen molar-refractivity contribution in [3.63, 3.8) is 0 Å². The first-order chi connectivity index (χ1) is 13.7. The molecule has 1 aliphatic rings.